The van der Waals surface area contributed by atoms with Crippen molar-refractivity contribution in [2.45, 2.75) is 6.54 Å². The maximum Gasteiger partial charge on any atom is 0.277 e. The lowest BCUT2D eigenvalue weighted by Crippen LogP contribution is -2.24. The number of aromatic nitrogens is 1. The van der Waals surface area contributed by atoms with Crippen LogP contribution in [-0.2, 0) is 11.3 Å². The van der Waals surface area contributed by atoms with Crippen molar-refractivity contribution in [3.05, 3.63) is 127 Å². The third-order valence-electron chi connectivity index (χ3n) is 5.74. The smallest absolute Gasteiger partial charge is 0.277 e. The number of ether oxygens (including phenoxy) is 1. The van der Waals surface area contributed by atoms with E-state index in [1.807, 2.05) is 72.8 Å². The first kappa shape index (κ1) is 22.2. The lowest BCUT2D eigenvalue weighted by Gasteiger charge is -2.06. The van der Waals surface area contributed by atoms with E-state index in [4.69, 9.17) is 4.74 Å². The highest BCUT2D eigenvalue weighted by molar-refractivity contribution is 5.99. The van der Waals surface area contributed by atoms with Crippen molar-refractivity contribution in [1.82, 2.24) is 9.99 Å². The molecule has 5 aromatic rings. The first-order valence-electron chi connectivity index (χ1n) is 11.5. The molecule has 0 radical (unpaired) electrons. The molecule has 5 heteroatoms. The van der Waals surface area contributed by atoms with Crippen LogP contribution in [-0.4, -0.2) is 23.3 Å². The summed E-state index contributed by atoms with van der Waals surface area (Å²) >= 11 is 0. The van der Waals surface area contributed by atoms with Crippen LogP contribution in [0.3, 0.4) is 0 Å². The predicted octanol–water partition coefficient (Wildman–Crippen LogP) is 5.89. The number of hydrogen-bond acceptors (Lipinski definition) is 3. The number of carbonyl (C=O) groups excluding carboxylic acids is 1. The lowest BCUT2D eigenvalue weighted by molar-refractivity contribution is -0.123. The van der Waals surface area contributed by atoms with E-state index in [1.165, 1.54) is 5.56 Å². The molecule has 1 aromatic heterocycles. The highest BCUT2D eigenvalue weighted by Gasteiger charge is 2.08. The van der Waals surface area contributed by atoms with E-state index in [-0.39, 0.29) is 12.5 Å². The third kappa shape index (κ3) is 5.47. The number of benzene rings is 4. The number of carbonyl (C=O) groups is 1. The van der Waals surface area contributed by atoms with Crippen molar-refractivity contribution in [2.75, 3.05) is 6.61 Å². The highest BCUT2D eigenvalue weighted by Crippen LogP contribution is 2.22. The van der Waals surface area contributed by atoms with Gasteiger partial charge in [-0.1, -0.05) is 91.0 Å². The van der Waals surface area contributed by atoms with E-state index in [0.29, 0.717) is 5.75 Å². The van der Waals surface area contributed by atoms with Crippen molar-refractivity contribution < 1.29 is 9.53 Å². The molecule has 0 unspecified atom stereocenters. The molecule has 0 saturated carbocycles. The molecule has 0 aliphatic carbocycles. The summed E-state index contributed by atoms with van der Waals surface area (Å²) in [6.45, 7) is 0.649. The van der Waals surface area contributed by atoms with Crippen LogP contribution in [0.5, 0.6) is 5.75 Å². The van der Waals surface area contributed by atoms with Crippen LogP contribution in [0.15, 0.2) is 120 Å². The monoisotopic (exact) mass is 459 g/mol. The van der Waals surface area contributed by atoms with Gasteiger partial charge in [0, 0.05) is 29.2 Å². The summed E-state index contributed by atoms with van der Waals surface area (Å²) in [5.74, 6) is 0.314. The molecule has 1 heterocycles. The van der Waals surface area contributed by atoms with E-state index in [1.54, 1.807) is 6.21 Å². The molecule has 1 amide bonds. The van der Waals surface area contributed by atoms with Gasteiger partial charge in [-0.15, -0.1) is 0 Å². The topological polar surface area (TPSA) is 55.6 Å². The molecule has 172 valence electrons. The first-order valence-corrected chi connectivity index (χ1v) is 11.5. The van der Waals surface area contributed by atoms with Gasteiger partial charge < -0.3 is 9.30 Å². The van der Waals surface area contributed by atoms with Crippen LogP contribution in [0.25, 0.3) is 22.0 Å². The molecule has 35 heavy (non-hydrogen) atoms. The van der Waals surface area contributed by atoms with Gasteiger partial charge in [0.25, 0.3) is 5.91 Å². The quantitative estimate of drug-likeness (QED) is 0.233. The van der Waals surface area contributed by atoms with Crippen molar-refractivity contribution in [3.8, 4) is 16.9 Å². The number of amides is 1. The average Bonchev–Trinajstić information content (AvgIpc) is 3.26. The third-order valence-corrected chi connectivity index (χ3v) is 5.74. The SMILES string of the molecule is O=C(COc1ccc(-c2ccccc2)cc1)N/N=C\c1cn(Cc2ccccc2)c2ccccc12. The number of para-hydroxylation sites is 1. The Kier molecular flexibility index (Phi) is 6.67. The van der Waals surface area contributed by atoms with Crippen LogP contribution < -0.4 is 10.2 Å². The molecule has 5 nitrogen and oxygen atoms in total. The molecular formula is C30H25N3O2. The van der Waals surface area contributed by atoms with Gasteiger partial charge in [0.05, 0.1) is 6.21 Å². The number of hydrogen-bond donors (Lipinski definition) is 1. The molecule has 0 bridgehead atoms. The lowest BCUT2D eigenvalue weighted by atomic mass is 10.1. The number of nitrogens with zero attached hydrogens (tertiary/aromatic N) is 2. The van der Waals surface area contributed by atoms with Crippen molar-refractivity contribution >= 4 is 23.0 Å². The predicted molar refractivity (Wildman–Crippen MR) is 141 cm³/mol. The largest absolute Gasteiger partial charge is 0.484 e. The minimum absolute atomic E-state index is 0.113. The fourth-order valence-corrected chi connectivity index (χ4v) is 4.02. The van der Waals surface area contributed by atoms with Crippen molar-refractivity contribution in [3.63, 3.8) is 0 Å². The van der Waals surface area contributed by atoms with Gasteiger partial charge in [-0.3, -0.25) is 4.79 Å². The second kappa shape index (κ2) is 10.5. The van der Waals surface area contributed by atoms with Crippen LogP contribution >= 0.6 is 0 Å². The summed E-state index contributed by atoms with van der Waals surface area (Å²) in [5.41, 5.74) is 8.07. The Balaban J connectivity index is 1.19. The number of rotatable bonds is 8. The fraction of sp³-hybridized carbons (Fsp3) is 0.0667. The van der Waals surface area contributed by atoms with E-state index in [0.717, 1.165) is 34.1 Å². The summed E-state index contributed by atoms with van der Waals surface area (Å²) < 4.78 is 7.80. The van der Waals surface area contributed by atoms with Crippen LogP contribution in [0.1, 0.15) is 11.1 Å². The Morgan fingerprint density at radius 3 is 2.23 bits per heavy atom. The van der Waals surface area contributed by atoms with Crippen LogP contribution in [0, 0.1) is 0 Å². The Hall–Kier alpha value is -4.64. The van der Waals surface area contributed by atoms with Gasteiger partial charge in [-0.25, -0.2) is 5.43 Å². The zero-order valence-electron chi connectivity index (χ0n) is 19.2. The average molecular weight is 460 g/mol. The second-order valence-electron chi connectivity index (χ2n) is 8.19. The van der Waals surface area contributed by atoms with Gasteiger partial charge >= 0.3 is 0 Å². The molecule has 0 fully saturated rings. The summed E-state index contributed by atoms with van der Waals surface area (Å²) in [5, 5.41) is 5.24. The Labute approximate surface area is 204 Å². The molecular weight excluding hydrogens is 434 g/mol. The molecule has 1 N–H and O–H groups in total. The van der Waals surface area contributed by atoms with E-state index in [2.05, 4.69) is 57.7 Å². The minimum atomic E-state index is -0.318. The number of nitrogens with one attached hydrogen (secondary N) is 1. The van der Waals surface area contributed by atoms with Crippen molar-refractivity contribution in [2.24, 2.45) is 5.10 Å². The molecule has 0 aliphatic rings. The zero-order chi connectivity index (χ0) is 23.9. The van der Waals surface area contributed by atoms with Gasteiger partial charge in [0.1, 0.15) is 5.75 Å². The summed E-state index contributed by atoms with van der Waals surface area (Å²) in [7, 11) is 0. The Morgan fingerprint density at radius 1 is 0.800 bits per heavy atom. The van der Waals surface area contributed by atoms with Crippen LogP contribution in [0.4, 0.5) is 0 Å². The molecule has 5 rings (SSSR count). The summed E-state index contributed by atoms with van der Waals surface area (Å²) in [6, 6.07) is 36.3. The Bertz CT molecular complexity index is 1440. The number of hydrazone groups is 1. The van der Waals surface area contributed by atoms with Gasteiger partial charge in [0.2, 0.25) is 0 Å². The van der Waals surface area contributed by atoms with Crippen LogP contribution in [0.2, 0.25) is 0 Å². The van der Waals surface area contributed by atoms with Gasteiger partial charge in [-0.05, 0) is 34.9 Å². The Morgan fingerprint density at radius 2 is 1.46 bits per heavy atom. The standard InChI is InChI=1S/C30H25N3O2/c34-30(22-35-27-17-15-25(16-18-27)24-11-5-2-6-12-24)32-31-19-26-21-33(20-23-9-3-1-4-10-23)29-14-8-7-13-28(26)29/h1-19,21H,20,22H2,(H,32,34)/b31-19-. The molecule has 4 aromatic carbocycles. The van der Waals surface area contributed by atoms with E-state index in [9.17, 15) is 4.79 Å². The molecule has 0 saturated heterocycles. The number of fused-ring (bicyclic) bond motifs is 1. The minimum Gasteiger partial charge on any atom is -0.484 e. The zero-order valence-corrected chi connectivity index (χ0v) is 19.2. The maximum absolute atomic E-state index is 12.2. The highest BCUT2D eigenvalue weighted by atomic mass is 16.5. The molecule has 0 aliphatic heterocycles. The van der Waals surface area contributed by atoms with Crippen molar-refractivity contribution in [1.29, 1.82) is 0 Å². The fourth-order valence-electron chi connectivity index (χ4n) is 4.02. The summed E-state index contributed by atoms with van der Waals surface area (Å²) in [6.07, 6.45) is 3.73. The van der Waals surface area contributed by atoms with E-state index < -0.39 is 0 Å². The summed E-state index contributed by atoms with van der Waals surface area (Å²) in [4.78, 5) is 12.2. The first-order chi connectivity index (χ1) is 17.3. The van der Waals surface area contributed by atoms with Gasteiger partial charge in [0.15, 0.2) is 6.61 Å². The second-order valence-corrected chi connectivity index (χ2v) is 8.19. The molecule has 0 spiro atoms. The normalized spacial score (nSPS) is 11.1. The molecule has 0 atom stereocenters. The maximum atomic E-state index is 12.2. The van der Waals surface area contributed by atoms with E-state index >= 15 is 0 Å². The van der Waals surface area contributed by atoms with Gasteiger partial charge in [-0.2, -0.15) is 5.10 Å².